The average molecular weight is 297 g/mol. The maximum Gasteiger partial charge on any atom is 0.227 e. The van der Waals surface area contributed by atoms with Crippen molar-refractivity contribution in [3.05, 3.63) is 0 Å². The Hall–Kier alpha value is -0.650. The minimum atomic E-state index is -0.0249. The van der Waals surface area contributed by atoms with Gasteiger partial charge in [-0.25, -0.2) is 0 Å². The summed E-state index contributed by atoms with van der Waals surface area (Å²) in [5, 5.41) is 6.59. The number of rotatable bonds is 7. The normalized spacial score (nSPS) is 27.9. The first-order chi connectivity index (χ1) is 10.2. The third-order valence-electron chi connectivity index (χ3n) is 4.65. The van der Waals surface area contributed by atoms with Crippen molar-refractivity contribution in [1.82, 2.24) is 15.5 Å². The Morgan fingerprint density at radius 1 is 1.24 bits per heavy atom. The molecule has 0 aromatic carbocycles. The fraction of sp³-hybridized carbons (Fsp3) is 0.938. The smallest absolute Gasteiger partial charge is 0.227 e. The van der Waals surface area contributed by atoms with Crippen molar-refractivity contribution in [3.8, 4) is 0 Å². The van der Waals surface area contributed by atoms with Crippen LogP contribution in [-0.4, -0.2) is 62.3 Å². The van der Waals surface area contributed by atoms with Gasteiger partial charge in [-0.15, -0.1) is 0 Å². The minimum Gasteiger partial charge on any atom is -0.379 e. The number of nitrogens with one attached hydrogen (secondary N) is 2. The summed E-state index contributed by atoms with van der Waals surface area (Å²) in [7, 11) is 0. The molecular weight excluding hydrogens is 266 g/mol. The van der Waals surface area contributed by atoms with Gasteiger partial charge >= 0.3 is 0 Å². The first-order valence-electron chi connectivity index (χ1n) is 8.58. The molecular formula is C16H31N3O2. The zero-order valence-electron chi connectivity index (χ0n) is 13.6. The largest absolute Gasteiger partial charge is 0.379 e. The highest BCUT2D eigenvalue weighted by Crippen LogP contribution is 2.16. The summed E-state index contributed by atoms with van der Waals surface area (Å²) in [6.07, 6.45) is 4.69. The van der Waals surface area contributed by atoms with Crippen LogP contribution in [0, 0.1) is 5.92 Å². The van der Waals surface area contributed by atoms with Gasteiger partial charge in [-0.1, -0.05) is 20.3 Å². The number of likely N-dealkylation sites (tertiary alicyclic amines) is 1. The monoisotopic (exact) mass is 297 g/mol. The molecule has 0 aliphatic carbocycles. The molecule has 2 heterocycles. The molecule has 2 atom stereocenters. The van der Waals surface area contributed by atoms with Crippen molar-refractivity contribution in [2.45, 2.75) is 51.6 Å². The number of nitrogens with zero attached hydrogens (tertiary/aromatic N) is 1. The lowest BCUT2D eigenvalue weighted by atomic mass is 9.99. The molecule has 2 rings (SSSR count). The molecule has 0 aromatic rings. The Morgan fingerprint density at radius 3 is 2.67 bits per heavy atom. The van der Waals surface area contributed by atoms with E-state index in [0.717, 1.165) is 32.5 Å². The lowest BCUT2D eigenvalue weighted by molar-refractivity contribution is -0.126. The highest BCUT2D eigenvalue weighted by atomic mass is 16.5. The second kappa shape index (κ2) is 8.71. The lowest BCUT2D eigenvalue weighted by Gasteiger charge is -2.33. The van der Waals surface area contributed by atoms with Gasteiger partial charge in [0.25, 0.3) is 0 Å². The molecule has 2 N–H and O–H groups in total. The van der Waals surface area contributed by atoms with Crippen LogP contribution in [0.15, 0.2) is 0 Å². The van der Waals surface area contributed by atoms with Crippen LogP contribution in [-0.2, 0) is 9.53 Å². The van der Waals surface area contributed by atoms with E-state index in [4.69, 9.17) is 4.74 Å². The Morgan fingerprint density at radius 2 is 2.00 bits per heavy atom. The molecule has 2 fully saturated rings. The van der Waals surface area contributed by atoms with Crippen LogP contribution >= 0.6 is 0 Å². The van der Waals surface area contributed by atoms with Crippen LogP contribution in [0.1, 0.15) is 39.5 Å². The van der Waals surface area contributed by atoms with E-state index in [1.165, 1.54) is 19.4 Å². The summed E-state index contributed by atoms with van der Waals surface area (Å²) < 4.78 is 5.46. The van der Waals surface area contributed by atoms with Gasteiger partial charge < -0.3 is 20.3 Å². The fourth-order valence-corrected chi connectivity index (χ4v) is 3.27. The molecule has 122 valence electrons. The second-order valence-corrected chi connectivity index (χ2v) is 6.29. The van der Waals surface area contributed by atoms with E-state index in [9.17, 15) is 4.79 Å². The number of carbonyl (C=O) groups excluding carboxylic acids is 1. The third kappa shape index (κ3) is 4.94. The molecule has 5 heteroatoms. The van der Waals surface area contributed by atoms with E-state index in [-0.39, 0.29) is 17.9 Å². The summed E-state index contributed by atoms with van der Waals surface area (Å²) in [6.45, 7) is 9.83. The van der Waals surface area contributed by atoms with Crippen molar-refractivity contribution < 1.29 is 9.53 Å². The first-order valence-corrected chi connectivity index (χ1v) is 8.58. The van der Waals surface area contributed by atoms with Gasteiger partial charge in [0.1, 0.15) is 0 Å². The highest BCUT2D eigenvalue weighted by molar-refractivity contribution is 5.80. The first kappa shape index (κ1) is 16.7. The van der Waals surface area contributed by atoms with Crippen molar-refractivity contribution in [1.29, 1.82) is 0 Å². The Labute approximate surface area is 128 Å². The van der Waals surface area contributed by atoms with Gasteiger partial charge in [-0.05, 0) is 32.4 Å². The van der Waals surface area contributed by atoms with E-state index in [1.807, 2.05) is 0 Å². The number of unbranched alkanes of at least 4 members (excludes halogenated alkanes) is 1. The maximum absolute atomic E-state index is 12.4. The molecule has 2 saturated heterocycles. The molecule has 0 aromatic heterocycles. The van der Waals surface area contributed by atoms with E-state index in [0.29, 0.717) is 19.3 Å². The molecule has 2 aliphatic rings. The number of ether oxygens (including phenoxy) is 1. The summed E-state index contributed by atoms with van der Waals surface area (Å²) in [5.74, 6) is 0.147. The summed E-state index contributed by atoms with van der Waals surface area (Å²) >= 11 is 0. The molecule has 0 spiro atoms. The van der Waals surface area contributed by atoms with Crippen LogP contribution in [0.25, 0.3) is 0 Å². The van der Waals surface area contributed by atoms with Crippen LogP contribution in [0.4, 0.5) is 0 Å². The van der Waals surface area contributed by atoms with E-state index in [1.54, 1.807) is 0 Å². The summed E-state index contributed by atoms with van der Waals surface area (Å²) in [6, 6.07) is 0.526. The van der Waals surface area contributed by atoms with Crippen molar-refractivity contribution >= 4 is 5.91 Å². The average Bonchev–Trinajstić information content (AvgIpc) is 2.95. The SMILES string of the molecule is CCCCN1CCC(NC(=O)C2COCC2NCC)CC1. The van der Waals surface area contributed by atoms with Crippen molar-refractivity contribution in [2.75, 3.05) is 39.4 Å². The molecule has 2 unspecified atom stereocenters. The Balaban J connectivity index is 1.71. The maximum atomic E-state index is 12.4. The minimum absolute atomic E-state index is 0.0249. The number of carbonyl (C=O) groups is 1. The van der Waals surface area contributed by atoms with Gasteiger partial charge in [0, 0.05) is 25.2 Å². The molecule has 0 bridgehead atoms. The highest BCUT2D eigenvalue weighted by Gasteiger charge is 2.34. The third-order valence-corrected chi connectivity index (χ3v) is 4.65. The topological polar surface area (TPSA) is 53.6 Å². The van der Waals surface area contributed by atoms with Gasteiger partial charge in [-0.2, -0.15) is 0 Å². The number of likely N-dealkylation sites (N-methyl/N-ethyl adjacent to an activating group) is 1. The second-order valence-electron chi connectivity index (χ2n) is 6.29. The lowest BCUT2D eigenvalue weighted by Crippen LogP contribution is -2.50. The zero-order valence-corrected chi connectivity index (χ0v) is 13.6. The van der Waals surface area contributed by atoms with Gasteiger partial charge in [0.15, 0.2) is 0 Å². The number of piperidine rings is 1. The Kier molecular flexibility index (Phi) is 6.93. The van der Waals surface area contributed by atoms with E-state index in [2.05, 4.69) is 29.4 Å². The molecule has 0 radical (unpaired) electrons. The Bertz CT molecular complexity index is 317. The molecule has 21 heavy (non-hydrogen) atoms. The van der Waals surface area contributed by atoms with Crippen molar-refractivity contribution in [3.63, 3.8) is 0 Å². The number of amides is 1. The quantitative estimate of drug-likeness (QED) is 0.736. The van der Waals surface area contributed by atoms with Crippen LogP contribution in [0.5, 0.6) is 0 Å². The van der Waals surface area contributed by atoms with Gasteiger partial charge in [0.05, 0.1) is 19.1 Å². The summed E-state index contributed by atoms with van der Waals surface area (Å²) in [4.78, 5) is 14.9. The van der Waals surface area contributed by atoms with E-state index < -0.39 is 0 Å². The predicted molar refractivity (Wildman–Crippen MR) is 84.3 cm³/mol. The predicted octanol–water partition coefficient (Wildman–Crippen LogP) is 0.992. The summed E-state index contributed by atoms with van der Waals surface area (Å²) in [5.41, 5.74) is 0. The molecule has 2 aliphatic heterocycles. The van der Waals surface area contributed by atoms with Crippen LogP contribution in [0.2, 0.25) is 0 Å². The fourth-order valence-electron chi connectivity index (χ4n) is 3.27. The molecule has 1 amide bonds. The zero-order chi connectivity index (χ0) is 15.1. The van der Waals surface area contributed by atoms with Gasteiger partial charge in [0.2, 0.25) is 5.91 Å². The van der Waals surface area contributed by atoms with Crippen LogP contribution in [0.3, 0.4) is 0 Å². The standard InChI is InChI=1S/C16H31N3O2/c1-3-5-8-19-9-6-13(7-10-19)18-16(20)14-11-21-12-15(14)17-4-2/h13-15,17H,3-12H2,1-2H3,(H,18,20). The van der Waals surface area contributed by atoms with Crippen LogP contribution < -0.4 is 10.6 Å². The number of hydrogen-bond acceptors (Lipinski definition) is 4. The van der Waals surface area contributed by atoms with E-state index >= 15 is 0 Å². The molecule has 0 saturated carbocycles. The number of hydrogen-bond donors (Lipinski definition) is 2. The van der Waals surface area contributed by atoms with Crippen molar-refractivity contribution in [2.24, 2.45) is 5.92 Å². The van der Waals surface area contributed by atoms with Gasteiger partial charge in [-0.3, -0.25) is 4.79 Å². The molecule has 5 nitrogen and oxygen atoms in total.